The van der Waals surface area contributed by atoms with E-state index in [1.165, 1.54) is 17.0 Å². The number of amides is 2. The second kappa shape index (κ2) is 13.7. The van der Waals surface area contributed by atoms with Crippen LogP contribution in [-0.2, 0) is 26.2 Å². The van der Waals surface area contributed by atoms with Crippen LogP contribution < -0.4 is 9.62 Å². The summed E-state index contributed by atoms with van der Waals surface area (Å²) < 4.78 is 29.1. The van der Waals surface area contributed by atoms with Crippen LogP contribution in [0.15, 0.2) is 65.6 Å². The second-order valence-corrected chi connectivity index (χ2v) is 13.1. The zero-order chi connectivity index (χ0) is 30.5. The van der Waals surface area contributed by atoms with Crippen molar-refractivity contribution < 1.29 is 18.0 Å². The number of nitrogens with one attached hydrogen (secondary N) is 1. The van der Waals surface area contributed by atoms with Crippen LogP contribution >= 0.6 is 23.2 Å². The first-order chi connectivity index (χ1) is 19.2. The number of hydrogen-bond acceptors (Lipinski definition) is 4. The van der Waals surface area contributed by atoms with Crippen LogP contribution in [0.25, 0.3) is 0 Å². The number of aryl methyl sites for hydroxylation is 3. The van der Waals surface area contributed by atoms with E-state index in [4.69, 9.17) is 23.2 Å². The first kappa shape index (κ1) is 32.4. The average molecular weight is 619 g/mol. The van der Waals surface area contributed by atoms with Gasteiger partial charge in [-0.2, -0.15) is 0 Å². The molecule has 0 bridgehead atoms. The number of benzene rings is 3. The second-order valence-electron chi connectivity index (χ2n) is 10.3. The van der Waals surface area contributed by atoms with Gasteiger partial charge in [0.15, 0.2) is 0 Å². The minimum Gasteiger partial charge on any atom is -0.352 e. The number of hydrogen-bond donors (Lipinski definition) is 1. The molecule has 0 unspecified atom stereocenters. The molecule has 0 aliphatic carbocycles. The molecule has 0 fully saturated rings. The van der Waals surface area contributed by atoms with Gasteiger partial charge in [0.2, 0.25) is 11.8 Å². The molecular weight excluding hydrogens is 581 g/mol. The monoisotopic (exact) mass is 617 g/mol. The Kier molecular flexibility index (Phi) is 10.9. The van der Waals surface area contributed by atoms with Crippen molar-refractivity contribution in [3.05, 3.63) is 93.0 Å². The maximum atomic E-state index is 14.1. The van der Waals surface area contributed by atoms with E-state index in [1.54, 1.807) is 49.4 Å². The van der Waals surface area contributed by atoms with Crippen LogP contribution in [0.3, 0.4) is 0 Å². The highest BCUT2D eigenvalue weighted by molar-refractivity contribution is 7.92. The quantitative estimate of drug-likeness (QED) is 0.268. The maximum Gasteiger partial charge on any atom is 0.264 e. The van der Waals surface area contributed by atoms with Crippen molar-refractivity contribution in [1.29, 1.82) is 0 Å². The van der Waals surface area contributed by atoms with Crippen molar-refractivity contribution in [3.63, 3.8) is 0 Å². The molecule has 41 heavy (non-hydrogen) atoms. The highest BCUT2D eigenvalue weighted by Gasteiger charge is 2.33. The van der Waals surface area contributed by atoms with Crippen molar-refractivity contribution in [2.45, 2.75) is 71.5 Å². The normalized spacial score (nSPS) is 12.9. The van der Waals surface area contributed by atoms with Gasteiger partial charge in [0.1, 0.15) is 12.6 Å². The third-order valence-corrected chi connectivity index (χ3v) is 9.57. The minimum atomic E-state index is -4.14. The van der Waals surface area contributed by atoms with E-state index in [0.29, 0.717) is 27.7 Å². The van der Waals surface area contributed by atoms with E-state index in [9.17, 15) is 18.0 Å². The number of sulfonamides is 1. The van der Waals surface area contributed by atoms with Gasteiger partial charge in [0.25, 0.3) is 10.0 Å². The minimum absolute atomic E-state index is 0.0186. The van der Waals surface area contributed by atoms with Gasteiger partial charge in [-0.1, -0.05) is 60.0 Å². The fourth-order valence-electron chi connectivity index (χ4n) is 4.13. The molecule has 0 saturated heterocycles. The molecule has 3 rings (SSSR count). The SMILES string of the molecule is CC[C@@H](C)NC(=O)[C@H](C)N(Cc1ccc(Cl)cc1Cl)C(=O)CN(c1ccc(C)c(C)c1)S(=O)(=O)c1ccc(C)cc1. The summed E-state index contributed by atoms with van der Waals surface area (Å²) in [5, 5.41) is 3.69. The number of halogens is 2. The number of carbonyl (C=O) groups excluding carboxylic acids is 2. The molecule has 0 spiro atoms. The summed E-state index contributed by atoms with van der Waals surface area (Å²) >= 11 is 12.5. The standard InChI is InChI=1S/C31H37Cl2N3O4S/c1-7-23(5)34-31(38)24(6)35(18-25-11-12-26(32)17-29(25)33)30(37)19-36(27-13-10-21(3)22(4)16-27)41(39,40)28-14-8-20(2)9-15-28/h8-17,23-24H,7,18-19H2,1-6H3,(H,34,38)/t23-,24+/m1/s1. The molecule has 3 aromatic carbocycles. The van der Waals surface area contributed by atoms with Gasteiger partial charge in [0.05, 0.1) is 10.6 Å². The highest BCUT2D eigenvalue weighted by atomic mass is 35.5. The molecule has 0 aliphatic rings. The predicted molar refractivity (Wildman–Crippen MR) is 166 cm³/mol. The first-order valence-corrected chi connectivity index (χ1v) is 15.6. The van der Waals surface area contributed by atoms with Crippen molar-refractivity contribution in [1.82, 2.24) is 10.2 Å². The first-order valence-electron chi connectivity index (χ1n) is 13.4. The molecule has 0 aliphatic heterocycles. The lowest BCUT2D eigenvalue weighted by molar-refractivity contribution is -0.139. The van der Waals surface area contributed by atoms with Gasteiger partial charge in [-0.15, -0.1) is 0 Å². The molecule has 7 nitrogen and oxygen atoms in total. The van der Waals surface area contributed by atoms with E-state index in [2.05, 4.69) is 5.32 Å². The summed E-state index contributed by atoms with van der Waals surface area (Å²) in [6.07, 6.45) is 0.713. The fraction of sp³-hybridized carbons (Fsp3) is 0.355. The average Bonchev–Trinajstić information content (AvgIpc) is 2.92. The highest BCUT2D eigenvalue weighted by Crippen LogP contribution is 2.28. The summed E-state index contributed by atoms with van der Waals surface area (Å²) in [4.78, 5) is 28.7. The van der Waals surface area contributed by atoms with Gasteiger partial charge in [-0.3, -0.25) is 13.9 Å². The van der Waals surface area contributed by atoms with Crippen molar-refractivity contribution in [3.8, 4) is 0 Å². The Morgan fingerprint density at radius 3 is 2.15 bits per heavy atom. The Bertz CT molecular complexity index is 1510. The van der Waals surface area contributed by atoms with Gasteiger partial charge >= 0.3 is 0 Å². The van der Waals surface area contributed by atoms with Crippen molar-refractivity contribution >= 4 is 50.7 Å². The molecular formula is C31H37Cl2N3O4S. The molecule has 10 heteroatoms. The number of nitrogens with zero attached hydrogens (tertiary/aromatic N) is 2. The van der Waals surface area contributed by atoms with E-state index in [1.807, 2.05) is 40.7 Å². The summed E-state index contributed by atoms with van der Waals surface area (Å²) in [5.74, 6) is -0.909. The Labute approximate surface area is 253 Å². The van der Waals surface area contributed by atoms with Crippen molar-refractivity contribution in [2.24, 2.45) is 0 Å². The topological polar surface area (TPSA) is 86.8 Å². The largest absolute Gasteiger partial charge is 0.352 e. The van der Waals surface area contributed by atoms with Gasteiger partial charge in [0, 0.05) is 22.6 Å². The number of carbonyl (C=O) groups is 2. The molecule has 0 heterocycles. The fourth-order valence-corrected chi connectivity index (χ4v) is 6.00. The molecule has 2 atom stereocenters. The van der Waals surface area contributed by atoms with E-state index in [-0.39, 0.29) is 23.4 Å². The Morgan fingerprint density at radius 1 is 0.902 bits per heavy atom. The lowest BCUT2D eigenvalue weighted by Crippen LogP contribution is -2.52. The molecule has 0 aromatic heterocycles. The number of anilines is 1. The third kappa shape index (κ3) is 8.03. The molecule has 220 valence electrons. The summed E-state index contributed by atoms with van der Waals surface area (Å²) in [6, 6.07) is 15.6. The van der Waals surface area contributed by atoms with Crippen LogP contribution in [0.5, 0.6) is 0 Å². The van der Waals surface area contributed by atoms with Crippen LogP contribution in [0.1, 0.15) is 49.4 Å². The molecule has 2 amide bonds. The Hall–Kier alpha value is -3.07. The van der Waals surface area contributed by atoms with Gasteiger partial charge in [-0.25, -0.2) is 8.42 Å². The summed E-state index contributed by atoms with van der Waals surface area (Å²) in [6.45, 7) is 10.6. The molecule has 3 aromatic rings. The van der Waals surface area contributed by atoms with Gasteiger partial charge < -0.3 is 10.2 Å². The lowest BCUT2D eigenvalue weighted by Gasteiger charge is -2.32. The zero-order valence-corrected chi connectivity index (χ0v) is 26.6. The van der Waals surface area contributed by atoms with Crippen LogP contribution in [-0.4, -0.2) is 43.8 Å². The molecule has 1 N–H and O–H groups in total. The third-order valence-electron chi connectivity index (χ3n) is 7.19. The van der Waals surface area contributed by atoms with Gasteiger partial charge in [-0.05, 0) is 94.1 Å². The van der Waals surface area contributed by atoms with Crippen LogP contribution in [0.4, 0.5) is 5.69 Å². The lowest BCUT2D eigenvalue weighted by atomic mass is 10.1. The van der Waals surface area contributed by atoms with Crippen LogP contribution in [0.2, 0.25) is 10.0 Å². The van der Waals surface area contributed by atoms with E-state index < -0.39 is 28.5 Å². The van der Waals surface area contributed by atoms with Crippen LogP contribution in [0, 0.1) is 20.8 Å². The Morgan fingerprint density at radius 2 is 1.56 bits per heavy atom. The maximum absolute atomic E-state index is 14.1. The Balaban J connectivity index is 2.07. The predicted octanol–water partition coefficient (Wildman–Crippen LogP) is 6.45. The van der Waals surface area contributed by atoms with E-state index in [0.717, 1.165) is 21.0 Å². The summed E-state index contributed by atoms with van der Waals surface area (Å²) in [5.41, 5.74) is 3.70. The number of rotatable bonds is 11. The van der Waals surface area contributed by atoms with E-state index >= 15 is 0 Å². The smallest absolute Gasteiger partial charge is 0.264 e. The molecule has 0 saturated carbocycles. The zero-order valence-electron chi connectivity index (χ0n) is 24.2. The summed E-state index contributed by atoms with van der Waals surface area (Å²) in [7, 11) is -4.14. The molecule has 0 radical (unpaired) electrons. The van der Waals surface area contributed by atoms with Crippen molar-refractivity contribution in [2.75, 3.05) is 10.8 Å².